The fourth-order valence-electron chi connectivity index (χ4n) is 2.45. The first kappa shape index (κ1) is 17.0. The van der Waals surface area contributed by atoms with Crippen LogP contribution in [-0.2, 0) is 4.74 Å². The number of carbonyl (C=O) groups excluding carboxylic acids is 1. The van der Waals surface area contributed by atoms with E-state index < -0.39 is 11.4 Å². The number of carbonyl (C=O) groups is 1. The molecule has 1 unspecified atom stereocenters. The van der Waals surface area contributed by atoms with Crippen molar-refractivity contribution in [1.82, 2.24) is 10.2 Å². The van der Waals surface area contributed by atoms with Gasteiger partial charge in [0.25, 0.3) is 0 Å². The first-order valence-electron chi connectivity index (χ1n) is 7.35. The number of ether oxygens (including phenoxy) is 1. The second-order valence-electron chi connectivity index (χ2n) is 6.63. The molecular weight excluding hydrogens is 307 g/mol. The summed E-state index contributed by atoms with van der Waals surface area (Å²) in [6.45, 7) is 8.60. The van der Waals surface area contributed by atoms with Crippen LogP contribution in [0.2, 0.25) is 5.02 Å². The van der Waals surface area contributed by atoms with Crippen molar-refractivity contribution in [3.63, 3.8) is 0 Å². The molecule has 0 aromatic heterocycles. The van der Waals surface area contributed by atoms with E-state index in [9.17, 15) is 9.18 Å². The third-order valence-electron chi connectivity index (χ3n) is 3.46. The maximum Gasteiger partial charge on any atom is 0.410 e. The number of hydrogen-bond donors (Lipinski definition) is 1. The minimum atomic E-state index is -0.559. The molecule has 122 valence electrons. The van der Waals surface area contributed by atoms with Gasteiger partial charge in [-0.15, -0.1) is 0 Å². The topological polar surface area (TPSA) is 41.6 Å². The Balaban J connectivity index is 2.26. The number of nitrogens with one attached hydrogen (secondary N) is 1. The summed E-state index contributed by atoms with van der Waals surface area (Å²) in [6, 6.07) is 4.48. The predicted molar refractivity (Wildman–Crippen MR) is 84.6 cm³/mol. The molecule has 1 amide bonds. The zero-order valence-electron chi connectivity index (χ0n) is 13.3. The Morgan fingerprint density at radius 1 is 1.45 bits per heavy atom. The SMILES string of the molecule is C[C@@H]1CN(C(=O)OC(C)(C)C)C(c2ccc(F)c(Cl)c2)CN1. The monoisotopic (exact) mass is 328 g/mol. The van der Waals surface area contributed by atoms with Gasteiger partial charge in [0.1, 0.15) is 11.4 Å². The lowest BCUT2D eigenvalue weighted by atomic mass is 10.0. The molecular formula is C16H22ClFN2O2. The summed E-state index contributed by atoms with van der Waals surface area (Å²) in [7, 11) is 0. The second-order valence-corrected chi connectivity index (χ2v) is 7.04. The molecule has 2 atom stereocenters. The van der Waals surface area contributed by atoms with Crippen LogP contribution in [0.3, 0.4) is 0 Å². The second kappa shape index (κ2) is 6.42. The van der Waals surface area contributed by atoms with Gasteiger partial charge in [-0.1, -0.05) is 17.7 Å². The van der Waals surface area contributed by atoms with E-state index in [1.165, 1.54) is 6.07 Å². The van der Waals surface area contributed by atoms with Gasteiger partial charge in [0.05, 0.1) is 11.1 Å². The summed E-state index contributed by atoms with van der Waals surface area (Å²) in [5, 5.41) is 3.38. The van der Waals surface area contributed by atoms with Crippen LogP contribution in [0.15, 0.2) is 18.2 Å². The Kier molecular flexibility index (Phi) is 4.97. The smallest absolute Gasteiger partial charge is 0.410 e. The van der Waals surface area contributed by atoms with Crippen LogP contribution < -0.4 is 5.32 Å². The van der Waals surface area contributed by atoms with Gasteiger partial charge in [0, 0.05) is 19.1 Å². The molecule has 1 heterocycles. The summed E-state index contributed by atoms with van der Waals surface area (Å²) in [5.74, 6) is -0.466. The molecule has 1 N–H and O–H groups in total. The summed E-state index contributed by atoms with van der Waals surface area (Å²) in [5.41, 5.74) is 0.229. The fourth-order valence-corrected chi connectivity index (χ4v) is 2.64. The molecule has 6 heteroatoms. The average Bonchev–Trinajstić information content (AvgIpc) is 2.40. The first-order valence-corrected chi connectivity index (χ1v) is 7.73. The third-order valence-corrected chi connectivity index (χ3v) is 3.75. The van der Waals surface area contributed by atoms with E-state index in [0.29, 0.717) is 13.1 Å². The highest BCUT2D eigenvalue weighted by molar-refractivity contribution is 6.30. The Hall–Kier alpha value is -1.33. The van der Waals surface area contributed by atoms with Crippen LogP contribution in [0.25, 0.3) is 0 Å². The Labute approximate surface area is 135 Å². The summed E-state index contributed by atoms with van der Waals surface area (Å²) >= 11 is 5.87. The number of rotatable bonds is 1. The summed E-state index contributed by atoms with van der Waals surface area (Å²) in [6.07, 6.45) is -0.369. The van der Waals surface area contributed by atoms with Crippen LogP contribution in [0, 0.1) is 5.82 Å². The van der Waals surface area contributed by atoms with E-state index in [1.807, 2.05) is 27.7 Å². The van der Waals surface area contributed by atoms with E-state index in [-0.39, 0.29) is 23.2 Å². The molecule has 2 rings (SSSR count). The molecule has 22 heavy (non-hydrogen) atoms. The van der Waals surface area contributed by atoms with E-state index in [0.717, 1.165) is 5.56 Å². The molecule has 4 nitrogen and oxygen atoms in total. The van der Waals surface area contributed by atoms with Crippen molar-refractivity contribution < 1.29 is 13.9 Å². The van der Waals surface area contributed by atoms with Crippen LogP contribution in [0.4, 0.5) is 9.18 Å². The van der Waals surface area contributed by atoms with Crippen molar-refractivity contribution in [2.75, 3.05) is 13.1 Å². The maximum absolute atomic E-state index is 13.4. The van der Waals surface area contributed by atoms with Crippen LogP contribution >= 0.6 is 11.6 Å². The lowest BCUT2D eigenvalue weighted by molar-refractivity contribution is 0.00787. The molecule has 1 aliphatic heterocycles. The number of hydrogen-bond acceptors (Lipinski definition) is 3. The lowest BCUT2D eigenvalue weighted by Gasteiger charge is -2.40. The van der Waals surface area contributed by atoms with Crippen molar-refractivity contribution in [2.24, 2.45) is 0 Å². The van der Waals surface area contributed by atoms with Crippen molar-refractivity contribution in [2.45, 2.75) is 45.4 Å². The maximum atomic E-state index is 13.4. The highest BCUT2D eigenvalue weighted by atomic mass is 35.5. The van der Waals surface area contributed by atoms with E-state index >= 15 is 0 Å². The molecule has 1 aromatic rings. The normalized spacial score (nSPS) is 22.5. The number of amides is 1. The Morgan fingerprint density at radius 2 is 2.14 bits per heavy atom. The van der Waals surface area contributed by atoms with Gasteiger partial charge < -0.3 is 10.1 Å². The molecule has 1 fully saturated rings. The number of piperazine rings is 1. The molecule has 0 saturated carbocycles. The van der Waals surface area contributed by atoms with Crippen LogP contribution in [0.1, 0.15) is 39.3 Å². The first-order chi connectivity index (χ1) is 10.2. The standard InChI is InChI=1S/C16H22ClFN2O2/c1-10-9-20(15(21)22-16(2,3)4)14(8-19-10)11-5-6-13(18)12(17)7-11/h5-7,10,14,19H,8-9H2,1-4H3/t10-,14?/m1/s1. The molecule has 0 aliphatic carbocycles. The van der Waals surface area contributed by atoms with E-state index in [2.05, 4.69) is 5.32 Å². The number of benzene rings is 1. The van der Waals surface area contributed by atoms with E-state index in [4.69, 9.17) is 16.3 Å². The zero-order valence-corrected chi connectivity index (χ0v) is 14.1. The minimum Gasteiger partial charge on any atom is -0.444 e. The quantitative estimate of drug-likeness (QED) is 0.853. The number of nitrogens with zero attached hydrogens (tertiary/aromatic N) is 1. The predicted octanol–water partition coefficient (Wildman–Crippen LogP) is 3.75. The largest absolute Gasteiger partial charge is 0.444 e. The lowest BCUT2D eigenvalue weighted by Crippen LogP contribution is -2.54. The Morgan fingerprint density at radius 3 is 2.73 bits per heavy atom. The number of halogens is 2. The Bertz CT molecular complexity index is 560. The zero-order chi connectivity index (χ0) is 16.5. The summed E-state index contributed by atoms with van der Waals surface area (Å²) < 4.78 is 18.8. The fraction of sp³-hybridized carbons (Fsp3) is 0.562. The minimum absolute atomic E-state index is 0.0558. The molecule has 1 aliphatic rings. The van der Waals surface area contributed by atoms with Gasteiger partial charge in [-0.05, 0) is 45.4 Å². The van der Waals surface area contributed by atoms with Crippen molar-refractivity contribution in [3.8, 4) is 0 Å². The third kappa shape index (κ3) is 4.11. The van der Waals surface area contributed by atoms with Crippen LogP contribution in [0.5, 0.6) is 0 Å². The van der Waals surface area contributed by atoms with E-state index in [1.54, 1.807) is 17.0 Å². The molecule has 1 saturated heterocycles. The highest BCUT2D eigenvalue weighted by Gasteiger charge is 2.33. The van der Waals surface area contributed by atoms with Gasteiger partial charge in [-0.3, -0.25) is 4.90 Å². The molecule has 1 aromatic carbocycles. The van der Waals surface area contributed by atoms with Gasteiger partial charge >= 0.3 is 6.09 Å². The molecule has 0 bridgehead atoms. The molecule has 0 radical (unpaired) electrons. The average molecular weight is 329 g/mol. The van der Waals surface area contributed by atoms with Gasteiger partial charge in [-0.25, -0.2) is 9.18 Å². The van der Waals surface area contributed by atoms with Crippen LogP contribution in [-0.4, -0.2) is 35.7 Å². The van der Waals surface area contributed by atoms with Gasteiger partial charge in [-0.2, -0.15) is 0 Å². The van der Waals surface area contributed by atoms with Crippen molar-refractivity contribution >= 4 is 17.7 Å². The summed E-state index contributed by atoms with van der Waals surface area (Å²) in [4.78, 5) is 14.1. The van der Waals surface area contributed by atoms with Gasteiger partial charge in [0.15, 0.2) is 0 Å². The molecule has 0 spiro atoms. The highest BCUT2D eigenvalue weighted by Crippen LogP contribution is 2.28. The van der Waals surface area contributed by atoms with Gasteiger partial charge in [0.2, 0.25) is 0 Å². The van der Waals surface area contributed by atoms with Crippen molar-refractivity contribution in [3.05, 3.63) is 34.6 Å². The van der Waals surface area contributed by atoms with Crippen molar-refractivity contribution in [1.29, 1.82) is 0 Å².